The van der Waals surface area contributed by atoms with Crippen molar-refractivity contribution in [1.29, 1.82) is 0 Å². The molecule has 0 radical (unpaired) electrons. The molecular weight excluding hydrogens is 318 g/mol. The van der Waals surface area contributed by atoms with Crippen LogP contribution in [0.1, 0.15) is 11.1 Å². The van der Waals surface area contributed by atoms with Gasteiger partial charge in [-0.3, -0.25) is 10.1 Å². The molecule has 0 aliphatic heterocycles. The van der Waals surface area contributed by atoms with Crippen LogP contribution in [0.5, 0.6) is 0 Å². The van der Waals surface area contributed by atoms with Crippen LogP contribution in [0.4, 0.5) is 0 Å². The van der Waals surface area contributed by atoms with Crippen molar-refractivity contribution in [3.05, 3.63) is 106 Å². The third-order valence-corrected chi connectivity index (χ3v) is 2.81. The fraction of sp³-hybridized carbons (Fsp3) is 0. The summed E-state index contributed by atoms with van der Waals surface area (Å²) < 4.78 is 0. The van der Waals surface area contributed by atoms with Crippen molar-refractivity contribution in [3.63, 3.8) is 0 Å². The van der Waals surface area contributed by atoms with E-state index in [0.29, 0.717) is 5.56 Å². The van der Waals surface area contributed by atoms with Crippen LogP contribution in [-0.2, 0) is 17.1 Å². The van der Waals surface area contributed by atoms with E-state index in [9.17, 15) is 10.1 Å². The van der Waals surface area contributed by atoms with Crippen LogP contribution in [0.15, 0.2) is 84.9 Å². The first kappa shape index (κ1) is 17.6. The zero-order valence-electron chi connectivity index (χ0n) is 11.8. The summed E-state index contributed by atoms with van der Waals surface area (Å²) in [5, 5.41) is 11.0. The van der Waals surface area contributed by atoms with E-state index in [2.05, 4.69) is 0 Å². The minimum atomic E-state index is -0.359. The van der Waals surface area contributed by atoms with Crippen molar-refractivity contribution in [2.45, 2.75) is 0 Å². The van der Waals surface area contributed by atoms with Gasteiger partial charge in [0.05, 0.1) is 0 Å². The number of hydrogen-bond acceptors (Lipinski definition) is 2. The number of hydrogen-bond donors (Lipinski definition) is 0. The minimum Gasteiger partial charge on any atom is -0.748 e. The van der Waals surface area contributed by atoms with E-state index in [0.717, 1.165) is 5.56 Å². The second-order valence-corrected chi connectivity index (χ2v) is 4.33. The van der Waals surface area contributed by atoms with Crippen molar-refractivity contribution in [3.8, 4) is 0 Å². The fourth-order valence-corrected chi connectivity index (χ4v) is 1.81. The number of benzene rings is 1. The molecule has 0 spiro atoms. The molecule has 0 saturated heterocycles. The van der Waals surface area contributed by atoms with Crippen molar-refractivity contribution in [2.75, 3.05) is 0 Å². The second-order valence-electron chi connectivity index (χ2n) is 4.33. The molecule has 0 aliphatic carbocycles. The average Bonchev–Trinajstić information content (AvgIpc) is 3.21. The first-order valence-corrected chi connectivity index (χ1v) is 6.57. The molecule has 22 heavy (non-hydrogen) atoms. The van der Waals surface area contributed by atoms with Gasteiger partial charge >= 0.3 is 0 Å². The third kappa shape index (κ3) is 5.52. The third-order valence-electron chi connectivity index (χ3n) is 2.81. The van der Waals surface area contributed by atoms with Gasteiger partial charge in [0.2, 0.25) is 5.70 Å². The van der Waals surface area contributed by atoms with Crippen LogP contribution in [-0.4, -0.2) is 4.92 Å². The van der Waals surface area contributed by atoms with E-state index in [4.69, 9.17) is 0 Å². The summed E-state index contributed by atoms with van der Waals surface area (Å²) in [7, 11) is 0. The van der Waals surface area contributed by atoms with Crippen molar-refractivity contribution >= 4 is 11.8 Å². The van der Waals surface area contributed by atoms with Crippen LogP contribution in [0.25, 0.3) is 11.8 Å². The van der Waals surface area contributed by atoms with Crippen LogP contribution >= 0.6 is 0 Å². The van der Waals surface area contributed by atoms with Gasteiger partial charge in [-0.15, -0.1) is 17.7 Å². The van der Waals surface area contributed by atoms with Gasteiger partial charge in [-0.1, -0.05) is 36.4 Å². The van der Waals surface area contributed by atoms with E-state index in [1.54, 1.807) is 30.3 Å². The predicted molar refractivity (Wildman–Crippen MR) is 85.4 cm³/mol. The minimum absolute atomic E-state index is 0. The maximum atomic E-state index is 11.0. The van der Waals surface area contributed by atoms with E-state index in [1.807, 2.05) is 60.7 Å². The Labute approximate surface area is 140 Å². The molecule has 0 fully saturated rings. The Kier molecular flexibility index (Phi) is 7.62. The molecule has 3 aromatic rings. The molecule has 0 N–H and O–H groups in total. The normalized spacial score (nSPS) is 10.1. The van der Waals surface area contributed by atoms with Crippen LogP contribution in [0, 0.1) is 10.1 Å². The molecule has 0 heterocycles. The standard InChI is InChI=1S/C13H10NO2.C5H5.Fe/c15-14(16)13(10-11-6-4-5-7-11)12-8-2-1-3-9-12;1-2-4-5-3-1;/h1-10H;1-5H;/q-1;-5;. The average molecular weight is 333 g/mol. The summed E-state index contributed by atoms with van der Waals surface area (Å²) in [5.41, 5.74) is 1.58. The van der Waals surface area contributed by atoms with Gasteiger partial charge < -0.3 is 30.3 Å². The van der Waals surface area contributed by atoms with Crippen molar-refractivity contribution in [1.82, 2.24) is 0 Å². The van der Waals surface area contributed by atoms with Crippen LogP contribution in [0.3, 0.4) is 0 Å². The van der Waals surface area contributed by atoms with E-state index in [-0.39, 0.29) is 27.7 Å². The Morgan fingerprint density at radius 2 is 1.45 bits per heavy atom. The number of rotatable bonds is 3. The van der Waals surface area contributed by atoms with E-state index >= 15 is 0 Å². The summed E-state index contributed by atoms with van der Waals surface area (Å²) in [5.74, 6) is 0. The summed E-state index contributed by atoms with van der Waals surface area (Å²) >= 11 is 0. The fourth-order valence-electron chi connectivity index (χ4n) is 1.81. The van der Waals surface area contributed by atoms with Gasteiger partial charge in [-0.05, 0) is 0 Å². The number of nitro groups is 1. The molecule has 3 aromatic carbocycles. The monoisotopic (exact) mass is 333 g/mol. The Hall–Kier alpha value is -2.42. The smallest absolute Gasteiger partial charge is 0.207 e. The van der Waals surface area contributed by atoms with Crippen LogP contribution in [0.2, 0.25) is 0 Å². The molecule has 0 unspecified atom stereocenters. The maximum absolute atomic E-state index is 11.0. The molecule has 0 saturated carbocycles. The van der Waals surface area contributed by atoms with Crippen molar-refractivity contribution in [2.24, 2.45) is 0 Å². The quantitative estimate of drug-likeness (QED) is 0.305. The molecule has 4 heteroatoms. The van der Waals surface area contributed by atoms with Gasteiger partial charge in [0.15, 0.2) is 0 Å². The molecule has 0 amide bonds. The molecule has 0 bridgehead atoms. The molecule has 3 rings (SSSR count). The zero-order chi connectivity index (χ0) is 14.9. The summed E-state index contributed by atoms with van der Waals surface area (Å²) in [6.45, 7) is 0. The molecule has 0 aromatic heterocycles. The largest absolute Gasteiger partial charge is 0.748 e. The Morgan fingerprint density at radius 1 is 0.955 bits per heavy atom. The summed E-state index contributed by atoms with van der Waals surface area (Å²) in [6, 6.07) is 26.3. The Morgan fingerprint density at radius 3 is 1.91 bits per heavy atom. The second kappa shape index (κ2) is 9.50. The molecular formula is C18H15FeNO2-6. The van der Waals surface area contributed by atoms with Crippen molar-refractivity contribution < 1.29 is 22.0 Å². The Balaban J connectivity index is 0.000000344. The first-order chi connectivity index (χ1) is 10.3. The molecule has 118 valence electrons. The molecule has 3 nitrogen and oxygen atoms in total. The van der Waals surface area contributed by atoms with Gasteiger partial charge in [-0.2, -0.15) is 12.1 Å². The Bertz CT molecular complexity index is 654. The van der Waals surface area contributed by atoms with Gasteiger partial charge in [-0.25, -0.2) is 0 Å². The molecule has 0 aliphatic rings. The van der Waals surface area contributed by atoms with E-state index in [1.165, 1.54) is 0 Å². The topological polar surface area (TPSA) is 43.1 Å². The maximum Gasteiger partial charge on any atom is 0.207 e. The predicted octanol–water partition coefficient (Wildman–Crippen LogP) is 4.58. The number of nitrogens with zero attached hydrogens (tertiary/aromatic N) is 1. The van der Waals surface area contributed by atoms with Gasteiger partial charge in [0.25, 0.3) is 0 Å². The van der Waals surface area contributed by atoms with Gasteiger partial charge in [0.1, 0.15) is 0 Å². The van der Waals surface area contributed by atoms with Crippen LogP contribution < -0.4 is 0 Å². The zero-order valence-corrected chi connectivity index (χ0v) is 12.9. The summed E-state index contributed by atoms with van der Waals surface area (Å²) in [6.07, 6.45) is 1.58. The SMILES string of the molecule is O=[N+]([O-])C(=C[c-]1cccc1)c1ccccc1.[Fe].[cH-]1[cH-][cH-][cH-][cH-]1. The van der Waals surface area contributed by atoms with Gasteiger partial charge in [0, 0.05) is 27.6 Å². The van der Waals surface area contributed by atoms with E-state index < -0.39 is 0 Å². The first-order valence-electron chi connectivity index (χ1n) is 6.57. The summed E-state index contributed by atoms with van der Waals surface area (Å²) in [4.78, 5) is 10.6. The molecule has 0 atom stereocenters.